The Morgan fingerprint density at radius 1 is 0.854 bits per heavy atom. The maximum atomic E-state index is 14.2. The van der Waals surface area contributed by atoms with E-state index in [4.69, 9.17) is 5.11 Å². The smallest absolute Gasteiger partial charge is 0.305 e. The number of aliphatic carboxylic acids is 1. The molecule has 1 aromatic heterocycles. The molecule has 3 unspecified atom stereocenters. The summed E-state index contributed by atoms with van der Waals surface area (Å²) in [7, 11) is 2.11. The molecule has 1 heterocycles. The molecule has 0 aliphatic heterocycles. The first-order chi connectivity index (χ1) is 22.8. The van der Waals surface area contributed by atoms with E-state index in [9.17, 15) is 32.8 Å². The molecule has 1 amide bonds. The summed E-state index contributed by atoms with van der Waals surface area (Å²) >= 11 is 0. The van der Waals surface area contributed by atoms with Gasteiger partial charge in [-0.25, -0.2) is 17.3 Å². The third-order valence-electron chi connectivity index (χ3n) is 7.88. The number of carboxylic acids is 1. The number of carboxylic acid groups (broad SMARTS) is 1. The van der Waals surface area contributed by atoms with E-state index in [0.717, 1.165) is 5.56 Å². The molecule has 0 aliphatic rings. The molecule has 3 atom stereocenters. The van der Waals surface area contributed by atoms with Gasteiger partial charge in [-0.05, 0) is 100 Å². The van der Waals surface area contributed by atoms with Crippen molar-refractivity contribution in [2.75, 3.05) is 14.1 Å². The highest BCUT2D eigenvalue weighted by molar-refractivity contribution is 7.82. The minimum absolute atomic E-state index is 0.131. The Kier molecular flexibility index (Phi) is 12.4. The fourth-order valence-electron chi connectivity index (χ4n) is 5.72. The lowest BCUT2D eigenvalue weighted by Crippen LogP contribution is -2.27. The third-order valence-corrected chi connectivity index (χ3v) is 9.22. The topological polar surface area (TPSA) is 132 Å². The van der Waals surface area contributed by atoms with Crippen LogP contribution in [0.1, 0.15) is 60.9 Å². The molecule has 4 aromatic rings. The summed E-state index contributed by atoms with van der Waals surface area (Å²) in [6, 6.07) is 18.3. The van der Waals surface area contributed by atoms with Crippen molar-refractivity contribution >= 4 is 22.9 Å². The molecule has 4 N–H and O–H groups in total. The van der Waals surface area contributed by atoms with Crippen LogP contribution in [0.25, 0.3) is 22.3 Å². The van der Waals surface area contributed by atoms with Crippen molar-refractivity contribution in [1.29, 1.82) is 0 Å². The van der Waals surface area contributed by atoms with E-state index >= 15 is 0 Å². The number of nitrogens with zero attached hydrogens (tertiary/aromatic N) is 2. The molecule has 0 spiro atoms. The highest BCUT2D eigenvalue weighted by Crippen LogP contribution is 2.42. The molecule has 0 fully saturated rings. The van der Waals surface area contributed by atoms with Gasteiger partial charge in [-0.3, -0.25) is 9.59 Å². The van der Waals surface area contributed by atoms with Crippen LogP contribution < -0.4 is 5.32 Å². The van der Waals surface area contributed by atoms with E-state index in [1.165, 1.54) is 24.3 Å². The lowest BCUT2D eigenvalue weighted by atomic mass is 9.92. The van der Waals surface area contributed by atoms with Gasteiger partial charge in [0.15, 0.2) is 0 Å². The molecule has 0 saturated heterocycles. The molecule has 4 rings (SSSR count). The van der Waals surface area contributed by atoms with Gasteiger partial charge in [-0.1, -0.05) is 36.4 Å². The van der Waals surface area contributed by atoms with E-state index in [1.54, 1.807) is 66.9 Å². The average molecular weight is 682 g/mol. The molecule has 256 valence electrons. The maximum absolute atomic E-state index is 14.2. The number of amides is 1. The SMILES string of the molecule is CC(C)n1c(CCC(O)CC(O)CC(=O)O)c(-c2ccc(F)cc2)c(-c2ccc(F)cc2)c1C(=O)NCc1ccc(S(=O)N(C)C)cc1. The normalized spacial score (nSPS) is 13.5. The Labute approximate surface area is 281 Å². The number of rotatable bonds is 15. The molecule has 12 heteroatoms. The predicted octanol–water partition coefficient (Wildman–Crippen LogP) is 5.71. The van der Waals surface area contributed by atoms with Gasteiger partial charge in [0.05, 0.1) is 23.5 Å². The van der Waals surface area contributed by atoms with Gasteiger partial charge >= 0.3 is 5.97 Å². The van der Waals surface area contributed by atoms with Gasteiger partial charge in [0.2, 0.25) is 0 Å². The molecule has 0 aliphatic carbocycles. The first kappa shape index (κ1) is 36.6. The van der Waals surface area contributed by atoms with Crippen molar-refractivity contribution < 1.29 is 37.9 Å². The number of aromatic nitrogens is 1. The molecular weight excluding hydrogens is 640 g/mol. The van der Waals surface area contributed by atoms with Crippen LogP contribution in [0.4, 0.5) is 8.78 Å². The molecule has 0 radical (unpaired) electrons. The summed E-state index contributed by atoms with van der Waals surface area (Å²) in [5, 5.41) is 32.9. The lowest BCUT2D eigenvalue weighted by molar-refractivity contribution is -0.139. The third kappa shape index (κ3) is 9.01. The maximum Gasteiger partial charge on any atom is 0.305 e. The highest BCUT2D eigenvalue weighted by atomic mass is 32.2. The molecule has 9 nitrogen and oxygen atoms in total. The second-order valence-corrected chi connectivity index (χ2v) is 13.8. The minimum Gasteiger partial charge on any atom is -0.481 e. The van der Waals surface area contributed by atoms with Crippen LogP contribution in [-0.2, 0) is 28.7 Å². The van der Waals surface area contributed by atoms with Gasteiger partial charge in [0, 0.05) is 29.4 Å². The zero-order chi connectivity index (χ0) is 35.1. The quantitative estimate of drug-likeness (QED) is 0.127. The van der Waals surface area contributed by atoms with E-state index in [0.29, 0.717) is 32.8 Å². The Morgan fingerprint density at radius 3 is 1.90 bits per heavy atom. The van der Waals surface area contributed by atoms with Gasteiger partial charge in [0.1, 0.15) is 28.3 Å². The largest absolute Gasteiger partial charge is 0.481 e. The van der Waals surface area contributed by atoms with Crippen LogP contribution in [0.2, 0.25) is 0 Å². The summed E-state index contributed by atoms with van der Waals surface area (Å²) in [4.78, 5) is 25.9. The second kappa shape index (κ2) is 16.2. The Balaban J connectivity index is 1.82. The van der Waals surface area contributed by atoms with Crippen molar-refractivity contribution in [3.05, 3.63) is 101 Å². The van der Waals surface area contributed by atoms with Crippen LogP contribution in [-0.4, -0.2) is 66.6 Å². The summed E-state index contributed by atoms with van der Waals surface area (Å²) in [6.45, 7) is 3.96. The number of nitrogens with one attached hydrogen (secondary N) is 1. The minimum atomic E-state index is -1.32. The molecule has 3 aromatic carbocycles. The zero-order valence-corrected chi connectivity index (χ0v) is 28.1. The van der Waals surface area contributed by atoms with Crippen molar-refractivity contribution in [2.24, 2.45) is 0 Å². The first-order valence-corrected chi connectivity index (χ1v) is 16.7. The van der Waals surface area contributed by atoms with Crippen LogP contribution in [0.5, 0.6) is 0 Å². The molecule has 0 bridgehead atoms. The number of carbonyl (C=O) groups is 2. The lowest BCUT2D eigenvalue weighted by Gasteiger charge is -2.20. The van der Waals surface area contributed by atoms with E-state index in [-0.39, 0.29) is 37.5 Å². The molecule has 0 saturated carbocycles. The molecule has 48 heavy (non-hydrogen) atoms. The fraction of sp³-hybridized carbons (Fsp3) is 0.333. The van der Waals surface area contributed by atoms with Crippen molar-refractivity contribution in [3.8, 4) is 22.3 Å². The Bertz CT molecular complexity index is 1740. The summed E-state index contributed by atoms with van der Waals surface area (Å²) in [5.74, 6) is -2.51. The van der Waals surface area contributed by atoms with Crippen LogP contribution in [0.15, 0.2) is 77.7 Å². The van der Waals surface area contributed by atoms with Gasteiger partial charge in [-0.2, -0.15) is 0 Å². The van der Waals surface area contributed by atoms with Crippen molar-refractivity contribution in [1.82, 2.24) is 14.2 Å². The van der Waals surface area contributed by atoms with E-state index < -0.39 is 53.1 Å². The highest BCUT2D eigenvalue weighted by Gasteiger charge is 2.30. The van der Waals surface area contributed by atoms with Crippen LogP contribution in [0.3, 0.4) is 0 Å². The summed E-state index contributed by atoms with van der Waals surface area (Å²) in [5.41, 5.74) is 3.98. The van der Waals surface area contributed by atoms with E-state index in [1.807, 2.05) is 18.4 Å². The summed E-state index contributed by atoms with van der Waals surface area (Å²) < 4.78 is 44.1. The Hall–Kier alpha value is -4.23. The predicted molar refractivity (Wildman–Crippen MR) is 181 cm³/mol. The first-order valence-electron chi connectivity index (χ1n) is 15.6. The number of hydrogen-bond donors (Lipinski definition) is 4. The van der Waals surface area contributed by atoms with Gasteiger partial charge in [-0.15, -0.1) is 0 Å². The average Bonchev–Trinajstić information content (AvgIpc) is 3.38. The number of halogens is 2. The van der Waals surface area contributed by atoms with Crippen LogP contribution >= 0.6 is 0 Å². The number of carbonyl (C=O) groups excluding carboxylic acids is 1. The van der Waals surface area contributed by atoms with E-state index in [2.05, 4.69) is 5.32 Å². The monoisotopic (exact) mass is 681 g/mol. The van der Waals surface area contributed by atoms with Gasteiger partial charge < -0.3 is 25.2 Å². The molecular formula is C36H41F2N3O6S. The number of hydrogen-bond acceptors (Lipinski definition) is 5. The fourth-order valence-corrected chi connectivity index (χ4v) is 6.51. The Morgan fingerprint density at radius 2 is 1.40 bits per heavy atom. The van der Waals surface area contributed by atoms with Crippen molar-refractivity contribution in [2.45, 2.75) is 69.2 Å². The standard InChI is InChI=1S/C36H41F2N3O6S/c1-22(2)41-31(18-15-28(42)19-29(43)20-32(44)45)33(24-7-11-26(37)12-8-24)34(25-9-13-27(38)14-10-25)35(41)36(46)39-21-23-5-16-30(17-6-23)48(47)40(3)4/h5-14,16-17,22,28-29,42-43H,15,18-21H2,1-4H3,(H,39,46)(H,44,45). The second-order valence-electron chi connectivity index (χ2n) is 12.1. The van der Waals surface area contributed by atoms with Crippen molar-refractivity contribution in [3.63, 3.8) is 0 Å². The number of aliphatic hydroxyl groups excluding tert-OH is 2. The summed E-state index contributed by atoms with van der Waals surface area (Å²) in [6.07, 6.45) is -2.59. The number of benzene rings is 3. The number of aliphatic hydroxyl groups is 2. The van der Waals surface area contributed by atoms with Crippen LogP contribution in [0, 0.1) is 11.6 Å². The zero-order valence-electron chi connectivity index (χ0n) is 27.3. The van der Waals surface area contributed by atoms with Gasteiger partial charge in [0.25, 0.3) is 5.91 Å².